The second-order valence-electron chi connectivity index (χ2n) is 8.71. The van der Waals surface area contributed by atoms with Crippen LogP contribution in [0.1, 0.15) is 16.7 Å². The lowest BCUT2D eigenvalue weighted by molar-refractivity contribution is -0.133. The number of nitrogens with zero attached hydrogens (tertiary/aromatic N) is 2. The van der Waals surface area contributed by atoms with E-state index >= 15 is 0 Å². The first-order valence-corrected chi connectivity index (χ1v) is 13.0. The average Bonchev–Trinajstić information content (AvgIpc) is 2.86. The summed E-state index contributed by atoms with van der Waals surface area (Å²) in [7, 11) is -3.84. The van der Waals surface area contributed by atoms with Gasteiger partial charge in [0.1, 0.15) is 6.04 Å². The van der Waals surface area contributed by atoms with Crippen LogP contribution >= 0.6 is 0 Å². The number of nitrogens with one attached hydrogen (secondary N) is 1. The molecule has 34 heavy (non-hydrogen) atoms. The lowest BCUT2D eigenvalue weighted by Crippen LogP contribution is -2.55. The number of benzene rings is 3. The molecule has 1 fully saturated rings. The standard InChI is InChI=1S/C27H31N3O3S/c1-21-10-9-15-26(22(21)2)29-16-18-30(19-17-29)27(31)25(20-23-11-5-3-6-12-23)28-34(32,33)24-13-7-4-8-14-24/h3-15,25,28H,16-20H2,1-2H3. The van der Waals surface area contributed by atoms with E-state index in [9.17, 15) is 13.2 Å². The van der Waals surface area contributed by atoms with Crippen LogP contribution in [0.15, 0.2) is 83.8 Å². The molecule has 1 aliphatic rings. The van der Waals surface area contributed by atoms with E-state index in [1.165, 1.54) is 28.9 Å². The fourth-order valence-corrected chi connectivity index (χ4v) is 5.56. The van der Waals surface area contributed by atoms with E-state index in [4.69, 9.17) is 0 Å². The molecule has 0 aromatic heterocycles. The summed E-state index contributed by atoms with van der Waals surface area (Å²) in [6.45, 7) is 6.73. The minimum Gasteiger partial charge on any atom is -0.368 e. The highest BCUT2D eigenvalue weighted by Gasteiger charge is 2.31. The molecule has 7 heteroatoms. The predicted octanol–water partition coefficient (Wildman–Crippen LogP) is 3.54. The normalized spacial score (nSPS) is 15.2. The first-order chi connectivity index (χ1) is 16.3. The molecule has 1 unspecified atom stereocenters. The number of hydrogen-bond donors (Lipinski definition) is 1. The number of sulfonamides is 1. The van der Waals surface area contributed by atoms with E-state index in [-0.39, 0.29) is 10.8 Å². The van der Waals surface area contributed by atoms with E-state index in [0.717, 1.165) is 5.56 Å². The smallest absolute Gasteiger partial charge is 0.241 e. The second-order valence-corrected chi connectivity index (χ2v) is 10.4. The van der Waals surface area contributed by atoms with Crippen LogP contribution in [-0.4, -0.2) is 51.4 Å². The summed E-state index contributed by atoms with van der Waals surface area (Å²) < 4.78 is 28.8. The van der Waals surface area contributed by atoms with Gasteiger partial charge in [-0.2, -0.15) is 4.72 Å². The molecule has 4 rings (SSSR count). The van der Waals surface area contributed by atoms with Gasteiger partial charge in [0.05, 0.1) is 4.90 Å². The Morgan fingerprint density at radius 1 is 0.853 bits per heavy atom. The lowest BCUT2D eigenvalue weighted by atomic mass is 10.0. The van der Waals surface area contributed by atoms with E-state index in [2.05, 4.69) is 41.7 Å². The van der Waals surface area contributed by atoms with E-state index in [1.54, 1.807) is 23.1 Å². The molecule has 3 aromatic carbocycles. The molecule has 3 aromatic rings. The number of rotatable bonds is 7. The number of amides is 1. The first-order valence-electron chi connectivity index (χ1n) is 11.6. The highest BCUT2D eigenvalue weighted by atomic mass is 32.2. The number of piperazine rings is 1. The third-order valence-electron chi connectivity index (χ3n) is 6.44. The lowest BCUT2D eigenvalue weighted by Gasteiger charge is -2.38. The van der Waals surface area contributed by atoms with Crippen LogP contribution in [0.25, 0.3) is 0 Å². The van der Waals surface area contributed by atoms with Gasteiger partial charge in [0.2, 0.25) is 15.9 Å². The molecule has 1 saturated heterocycles. The fraction of sp³-hybridized carbons (Fsp3) is 0.296. The van der Waals surface area contributed by atoms with Gasteiger partial charge in [-0.1, -0.05) is 60.7 Å². The van der Waals surface area contributed by atoms with Crippen molar-refractivity contribution in [2.45, 2.75) is 31.2 Å². The van der Waals surface area contributed by atoms with Crippen molar-refractivity contribution in [3.63, 3.8) is 0 Å². The molecule has 0 saturated carbocycles. The van der Waals surface area contributed by atoms with Gasteiger partial charge in [-0.15, -0.1) is 0 Å². The number of carbonyl (C=O) groups excluding carboxylic acids is 1. The highest BCUT2D eigenvalue weighted by molar-refractivity contribution is 7.89. The van der Waals surface area contributed by atoms with E-state index in [0.29, 0.717) is 32.6 Å². The van der Waals surface area contributed by atoms with Crippen molar-refractivity contribution in [3.05, 3.63) is 95.6 Å². The summed E-state index contributed by atoms with van der Waals surface area (Å²) >= 11 is 0. The molecule has 0 spiro atoms. The van der Waals surface area contributed by atoms with E-state index < -0.39 is 16.1 Å². The maximum Gasteiger partial charge on any atom is 0.241 e. The zero-order valence-corrected chi connectivity index (χ0v) is 20.5. The van der Waals surface area contributed by atoms with Gasteiger partial charge in [0.25, 0.3) is 0 Å². The van der Waals surface area contributed by atoms with Gasteiger partial charge in [0.15, 0.2) is 0 Å². The molecule has 1 N–H and O–H groups in total. The van der Waals surface area contributed by atoms with Crippen LogP contribution in [-0.2, 0) is 21.2 Å². The van der Waals surface area contributed by atoms with Gasteiger partial charge in [-0.3, -0.25) is 4.79 Å². The molecule has 0 aliphatic carbocycles. The van der Waals surface area contributed by atoms with Gasteiger partial charge in [-0.25, -0.2) is 8.42 Å². The van der Waals surface area contributed by atoms with Crippen molar-refractivity contribution in [3.8, 4) is 0 Å². The largest absolute Gasteiger partial charge is 0.368 e. The molecular weight excluding hydrogens is 446 g/mol. The maximum atomic E-state index is 13.6. The Morgan fingerprint density at radius 2 is 1.47 bits per heavy atom. The molecule has 0 radical (unpaired) electrons. The minimum atomic E-state index is -3.84. The van der Waals surface area contributed by atoms with Crippen LogP contribution in [0.2, 0.25) is 0 Å². The van der Waals surface area contributed by atoms with Crippen LogP contribution in [0.5, 0.6) is 0 Å². The van der Waals surface area contributed by atoms with Crippen molar-refractivity contribution in [1.82, 2.24) is 9.62 Å². The van der Waals surface area contributed by atoms with Crippen molar-refractivity contribution in [1.29, 1.82) is 0 Å². The van der Waals surface area contributed by atoms with Gasteiger partial charge in [-0.05, 0) is 55.2 Å². The molecule has 1 aliphatic heterocycles. The summed E-state index contributed by atoms with van der Waals surface area (Å²) in [6, 6.07) is 23.1. The second kappa shape index (κ2) is 10.4. The third kappa shape index (κ3) is 5.48. The quantitative estimate of drug-likeness (QED) is 0.565. The van der Waals surface area contributed by atoms with E-state index in [1.807, 2.05) is 30.3 Å². The number of carbonyl (C=O) groups is 1. The molecule has 178 valence electrons. The van der Waals surface area contributed by atoms with Crippen molar-refractivity contribution >= 4 is 21.6 Å². The van der Waals surface area contributed by atoms with Crippen LogP contribution in [0.4, 0.5) is 5.69 Å². The van der Waals surface area contributed by atoms with Crippen molar-refractivity contribution in [2.24, 2.45) is 0 Å². The third-order valence-corrected chi connectivity index (χ3v) is 7.93. The van der Waals surface area contributed by atoms with Crippen LogP contribution < -0.4 is 9.62 Å². The molecule has 1 heterocycles. The van der Waals surface area contributed by atoms with Gasteiger partial charge < -0.3 is 9.80 Å². The number of anilines is 1. The number of aryl methyl sites for hydroxylation is 1. The summed E-state index contributed by atoms with van der Waals surface area (Å²) in [5.41, 5.74) is 4.59. The Morgan fingerprint density at radius 3 is 2.12 bits per heavy atom. The first kappa shape index (κ1) is 24.0. The van der Waals surface area contributed by atoms with Crippen molar-refractivity contribution in [2.75, 3.05) is 31.1 Å². The Kier molecular flexibility index (Phi) is 7.34. The molecular formula is C27H31N3O3S. The Balaban J connectivity index is 1.51. The van der Waals surface area contributed by atoms with Crippen LogP contribution in [0.3, 0.4) is 0 Å². The molecule has 1 atom stereocenters. The topological polar surface area (TPSA) is 69.7 Å². The highest BCUT2D eigenvalue weighted by Crippen LogP contribution is 2.24. The average molecular weight is 478 g/mol. The summed E-state index contributed by atoms with van der Waals surface area (Å²) in [6.07, 6.45) is 0.295. The molecule has 0 bridgehead atoms. The Hall–Kier alpha value is -3.16. The zero-order valence-electron chi connectivity index (χ0n) is 19.6. The zero-order chi connectivity index (χ0) is 24.1. The summed E-state index contributed by atoms with van der Waals surface area (Å²) in [5.74, 6) is -0.191. The predicted molar refractivity (Wildman–Crippen MR) is 135 cm³/mol. The maximum absolute atomic E-state index is 13.6. The van der Waals surface area contributed by atoms with Gasteiger partial charge in [0, 0.05) is 31.9 Å². The number of hydrogen-bond acceptors (Lipinski definition) is 4. The Labute approximate surface area is 202 Å². The monoisotopic (exact) mass is 477 g/mol. The summed E-state index contributed by atoms with van der Waals surface area (Å²) in [4.78, 5) is 17.8. The fourth-order valence-electron chi connectivity index (χ4n) is 4.35. The minimum absolute atomic E-state index is 0.153. The van der Waals surface area contributed by atoms with Crippen molar-refractivity contribution < 1.29 is 13.2 Å². The Bertz CT molecular complexity index is 1220. The molecule has 6 nitrogen and oxygen atoms in total. The van der Waals surface area contributed by atoms with Gasteiger partial charge >= 0.3 is 0 Å². The summed E-state index contributed by atoms with van der Waals surface area (Å²) in [5, 5.41) is 0. The SMILES string of the molecule is Cc1cccc(N2CCN(C(=O)C(Cc3ccccc3)NS(=O)(=O)c3ccccc3)CC2)c1C. The molecule has 1 amide bonds. The van der Waals surface area contributed by atoms with Crippen LogP contribution in [0, 0.1) is 13.8 Å².